The normalized spacial score (nSPS) is 11.3. The van der Waals surface area contributed by atoms with Gasteiger partial charge in [0.25, 0.3) is 0 Å². The predicted molar refractivity (Wildman–Crippen MR) is 100 cm³/mol. The molecule has 0 aliphatic rings. The molecule has 0 radical (unpaired) electrons. The number of carbonyl (C=O) groups excluding carboxylic acids is 1. The van der Waals surface area contributed by atoms with Gasteiger partial charge in [-0.1, -0.05) is 12.1 Å². The molecule has 1 aromatic heterocycles. The maximum Gasteiger partial charge on any atom is 0.185 e. The van der Waals surface area contributed by atoms with Gasteiger partial charge in [0.1, 0.15) is 5.82 Å². The molecule has 0 aliphatic heterocycles. The third-order valence-electron chi connectivity index (χ3n) is 4.30. The number of nitrogens with zero attached hydrogens (tertiary/aromatic N) is 1. The molecular formula is C21H19FN2O3. The van der Waals surface area contributed by atoms with E-state index in [0.717, 1.165) is 5.56 Å². The molecule has 0 saturated carbocycles. The highest BCUT2D eigenvalue weighted by Gasteiger charge is 2.08. The Morgan fingerprint density at radius 2 is 1.89 bits per heavy atom. The van der Waals surface area contributed by atoms with E-state index in [-0.39, 0.29) is 24.8 Å². The van der Waals surface area contributed by atoms with Crippen molar-refractivity contribution >= 4 is 11.9 Å². The number of benzene rings is 2. The van der Waals surface area contributed by atoms with Gasteiger partial charge in [-0.15, -0.1) is 0 Å². The average molecular weight is 366 g/mol. The smallest absolute Gasteiger partial charge is 0.185 e. The number of ketones is 1. The van der Waals surface area contributed by atoms with Crippen LogP contribution >= 0.6 is 0 Å². The summed E-state index contributed by atoms with van der Waals surface area (Å²) < 4.78 is 13.3. The van der Waals surface area contributed by atoms with E-state index in [1.807, 2.05) is 0 Å². The lowest BCUT2D eigenvalue weighted by Crippen LogP contribution is -1.96. The van der Waals surface area contributed by atoms with Gasteiger partial charge < -0.3 is 10.2 Å². The number of allylic oxidation sites excluding steroid dienone is 1. The van der Waals surface area contributed by atoms with Crippen molar-refractivity contribution in [3.63, 3.8) is 0 Å². The van der Waals surface area contributed by atoms with E-state index >= 15 is 0 Å². The van der Waals surface area contributed by atoms with Crippen molar-refractivity contribution in [3.8, 4) is 11.3 Å². The van der Waals surface area contributed by atoms with Crippen LogP contribution in [0.4, 0.5) is 4.39 Å². The Labute approximate surface area is 155 Å². The van der Waals surface area contributed by atoms with Crippen molar-refractivity contribution < 1.29 is 19.4 Å². The summed E-state index contributed by atoms with van der Waals surface area (Å²) in [7, 11) is 0. The molecule has 0 amide bonds. The minimum Gasteiger partial charge on any atom is -0.392 e. The Hall–Kier alpha value is -3.09. The van der Waals surface area contributed by atoms with Crippen molar-refractivity contribution in [2.75, 3.05) is 0 Å². The topological polar surface area (TPSA) is 86.2 Å². The van der Waals surface area contributed by atoms with Crippen LogP contribution in [0.5, 0.6) is 0 Å². The molecule has 0 atom stereocenters. The number of aliphatic hydroxyl groups excluding tert-OH is 2. The van der Waals surface area contributed by atoms with E-state index in [2.05, 4.69) is 10.2 Å². The molecule has 0 spiro atoms. The number of rotatable bonds is 6. The molecule has 3 aromatic rings. The van der Waals surface area contributed by atoms with Crippen LogP contribution in [0, 0.1) is 12.7 Å². The molecule has 0 saturated heterocycles. The zero-order chi connectivity index (χ0) is 19.4. The standard InChI is InChI=1S/C21H19FN2O3/c1-13-8-15(4-6-19(13)22)21(27)7-5-18-10-20(24-23-18)14-2-3-16(11-25)17(9-14)12-26/h2-10,25-26H,11-12H2,1H3,(H,23,24)/b7-5+. The number of halogens is 1. The van der Waals surface area contributed by atoms with Crippen LogP contribution in [0.3, 0.4) is 0 Å². The van der Waals surface area contributed by atoms with E-state index < -0.39 is 0 Å². The summed E-state index contributed by atoms with van der Waals surface area (Å²) in [6.07, 6.45) is 3.00. The quantitative estimate of drug-likeness (QED) is 0.461. The third kappa shape index (κ3) is 4.19. The van der Waals surface area contributed by atoms with Crippen LogP contribution in [-0.2, 0) is 13.2 Å². The molecule has 3 rings (SSSR count). The van der Waals surface area contributed by atoms with Gasteiger partial charge >= 0.3 is 0 Å². The fourth-order valence-corrected chi connectivity index (χ4v) is 2.72. The SMILES string of the molecule is Cc1cc(C(=O)/C=C/c2cc(-c3ccc(CO)c(CO)c3)n[nH]2)ccc1F. The first-order chi connectivity index (χ1) is 13.0. The average Bonchev–Trinajstić information content (AvgIpc) is 3.16. The highest BCUT2D eigenvalue weighted by Crippen LogP contribution is 2.22. The van der Waals surface area contributed by atoms with Gasteiger partial charge in [-0.25, -0.2) is 4.39 Å². The molecular weight excluding hydrogens is 347 g/mol. The Morgan fingerprint density at radius 1 is 1.11 bits per heavy atom. The third-order valence-corrected chi connectivity index (χ3v) is 4.30. The van der Waals surface area contributed by atoms with E-state index in [0.29, 0.717) is 33.6 Å². The van der Waals surface area contributed by atoms with Crippen molar-refractivity contribution in [1.29, 1.82) is 0 Å². The second kappa shape index (κ2) is 8.07. The van der Waals surface area contributed by atoms with Crippen molar-refractivity contribution in [1.82, 2.24) is 10.2 Å². The summed E-state index contributed by atoms with van der Waals surface area (Å²) in [6.45, 7) is 1.29. The van der Waals surface area contributed by atoms with Gasteiger partial charge in [0.15, 0.2) is 5.78 Å². The first kappa shape index (κ1) is 18.7. The van der Waals surface area contributed by atoms with Gasteiger partial charge in [-0.3, -0.25) is 9.89 Å². The van der Waals surface area contributed by atoms with E-state index in [4.69, 9.17) is 0 Å². The second-order valence-electron chi connectivity index (χ2n) is 6.17. The highest BCUT2D eigenvalue weighted by atomic mass is 19.1. The largest absolute Gasteiger partial charge is 0.392 e. The zero-order valence-corrected chi connectivity index (χ0v) is 14.7. The van der Waals surface area contributed by atoms with Gasteiger partial charge in [0.05, 0.1) is 24.6 Å². The van der Waals surface area contributed by atoms with Crippen LogP contribution in [0.15, 0.2) is 48.5 Å². The van der Waals surface area contributed by atoms with Crippen LogP contribution in [0.2, 0.25) is 0 Å². The first-order valence-electron chi connectivity index (χ1n) is 8.39. The molecule has 3 N–H and O–H groups in total. The molecule has 0 bridgehead atoms. The Bertz CT molecular complexity index is 1010. The summed E-state index contributed by atoms with van der Waals surface area (Å²) in [5.41, 5.74) is 4.20. The molecule has 5 nitrogen and oxygen atoms in total. The van der Waals surface area contributed by atoms with Gasteiger partial charge in [0, 0.05) is 11.1 Å². The maximum atomic E-state index is 13.3. The number of aromatic nitrogens is 2. The van der Waals surface area contributed by atoms with Gasteiger partial charge in [-0.2, -0.15) is 5.10 Å². The monoisotopic (exact) mass is 366 g/mol. The second-order valence-corrected chi connectivity index (χ2v) is 6.17. The summed E-state index contributed by atoms with van der Waals surface area (Å²) in [5, 5.41) is 25.7. The number of aryl methyl sites for hydroxylation is 1. The minimum absolute atomic E-state index is 0.143. The zero-order valence-electron chi connectivity index (χ0n) is 14.7. The van der Waals surface area contributed by atoms with Crippen LogP contribution in [0.25, 0.3) is 17.3 Å². The minimum atomic E-state index is -0.344. The lowest BCUT2D eigenvalue weighted by atomic mass is 10.0. The maximum absolute atomic E-state index is 13.3. The van der Waals surface area contributed by atoms with E-state index in [1.165, 1.54) is 24.3 Å². The van der Waals surface area contributed by atoms with Gasteiger partial charge in [0.2, 0.25) is 0 Å². The molecule has 138 valence electrons. The molecule has 0 fully saturated rings. The Morgan fingerprint density at radius 3 is 2.59 bits per heavy atom. The first-order valence-corrected chi connectivity index (χ1v) is 8.39. The van der Waals surface area contributed by atoms with Gasteiger partial charge in [-0.05, 0) is 66.1 Å². The molecule has 6 heteroatoms. The van der Waals surface area contributed by atoms with E-state index in [1.54, 1.807) is 37.3 Å². The lowest BCUT2D eigenvalue weighted by Gasteiger charge is -2.06. The summed E-state index contributed by atoms with van der Waals surface area (Å²) in [5.74, 6) is -0.577. The number of hydrogen-bond acceptors (Lipinski definition) is 4. The molecule has 0 aliphatic carbocycles. The Kier molecular flexibility index (Phi) is 5.59. The van der Waals surface area contributed by atoms with Crippen LogP contribution < -0.4 is 0 Å². The van der Waals surface area contributed by atoms with Crippen molar-refractivity contribution in [2.24, 2.45) is 0 Å². The number of aromatic amines is 1. The summed E-state index contributed by atoms with van der Waals surface area (Å²) in [6, 6.07) is 11.3. The number of nitrogens with one attached hydrogen (secondary N) is 1. The number of carbonyl (C=O) groups is 1. The van der Waals surface area contributed by atoms with E-state index in [9.17, 15) is 19.4 Å². The number of H-pyrrole nitrogens is 1. The molecule has 2 aromatic carbocycles. The Balaban J connectivity index is 1.78. The number of hydrogen-bond donors (Lipinski definition) is 3. The predicted octanol–water partition coefficient (Wildman–Crippen LogP) is 3.40. The molecule has 1 heterocycles. The van der Waals surface area contributed by atoms with Crippen molar-refractivity contribution in [2.45, 2.75) is 20.1 Å². The molecule has 27 heavy (non-hydrogen) atoms. The highest BCUT2D eigenvalue weighted by molar-refractivity contribution is 6.06. The molecule has 0 unspecified atom stereocenters. The van der Waals surface area contributed by atoms with Crippen LogP contribution in [0.1, 0.15) is 32.7 Å². The van der Waals surface area contributed by atoms with Crippen molar-refractivity contribution in [3.05, 3.63) is 82.3 Å². The fraction of sp³-hybridized carbons (Fsp3) is 0.143. The summed E-state index contributed by atoms with van der Waals surface area (Å²) in [4.78, 5) is 12.2. The number of aliphatic hydroxyl groups is 2. The van der Waals surface area contributed by atoms with Crippen LogP contribution in [-0.4, -0.2) is 26.2 Å². The summed E-state index contributed by atoms with van der Waals surface area (Å²) >= 11 is 0. The fourth-order valence-electron chi connectivity index (χ4n) is 2.72. The lowest BCUT2D eigenvalue weighted by molar-refractivity contribution is 0.104.